The minimum absolute atomic E-state index is 0.415. The van der Waals surface area contributed by atoms with Gasteiger partial charge < -0.3 is 0 Å². The molecular formula is C12H12O2S. The van der Waals surface area contributed by atoms with Crippen LogP contribution in [-0.2, 0) is 9.84 Å². The van der Waals surface area contributed by atoms with Crippen molar-refractivity contribution in [3.63, 3.8) is 0 Å². The van der Waals surface area contributed by atoms with Crippen LogP contribution in [-0.4, -0.2) is 14.7 Å². The molecule has 0 atom stereocenters. The molecule has 78 valence electrons. The Balaban J connectivity index is 2.96. The summed E-state index contributed by atoms with van der Waals surface area (Å²) in [7, 11) is -3.15. The molecule has 0 amide bonds. The fraction of sp³-hybridized carbons (Fsp3) is 0.167. The van der Waals surface area contributed by atoms with Gasteiger partial charge in [-0.05, 0) is 23.9 Å². The molecule has 0 unspecified atom stereocenters. The molecule has 2 aromatic rings. The third-order valence-electron chi connectivity index (χ3n) is 2.37. The second-order valence-corrected chi connectivity index (χ2v) is 5.74. The fourth-order valence-electron chi connectivity index (χ4n) is 1.73. The summed E-state index contributed by atoms with van der Waals surface area (Å²) in [6.45, 7) is 1.90. The van der Waals surface area contributed by atoms with Crippen molar-refractivity contribution < 1.29 is 8.42 Å². The zero-order chi connectivity index (χ0) is 11.1. The zero-order valence-electron chi connectivity index (χ0n) is 8.69. The molecule has 0 saturated carbocycles. The van der Waals surface area contributed by atoms with Crippen LogP contribution in [0.4, 0.5) is 0 Å². The van der Waals surface area contributed by atoms with Gasteiger partial charge in [-0.3, -0.25) is 0 Å². The van der Waals surface area contributed by atoms with Gasteiger partial charge >= 0.3 is 0 Å². The molecule has 15 heavy (non-hydrogen) atoms. The van der Waals surface area contributed by atoms with Gasteiger partial charge in [0.2, 0.25) is 0 Å². The first-order valence-electron chi connectivity index (χ1n) is 4.68. The Morgan fingerprint density at radius 3 is 2.40 bits per heavy atom. The SMILES string of the molecule is Cc1cc(S(C)(=O)=O)c2ccccc2c1. The number of hydrogen-bond donors (Lipinski definition) is 0. The Kier molecular flexibility index (Phi) is 2.27. The first-order chi connectivity index (χ1) is 6.98. The highest BCUT2D eigenvalue weighted by molar-refractivity contribution is 7.91. The van der Waals surface area contributed by atoms with Gasteiger partial charge in [0, 0.05) is 11.6 Å². The molecule has 0 saturated heterocycles. The van der Waals surface area contributed by atoms with Crippen molar-refractivity contribution in [2.75, 3.05) is 6.26 Å². The van der Waals surface area contributed by atoms with Gasteiger partial charge in [0.1, 0.15) is 0 Å². The molecule has 2 aromatic carbocycles. The van der Waals surface area contributed by atoms with Crippen molar-refractivity contribution in [1.29, 1.82) is 0 Å². The average Bonchev–Trinajstić information content (AvgIpc) is 2.15. The number of fused-ring (bicyclic) bond motifs is 1. The van der Waals surface area contributed by atoms with Crippen molar-refractivity contribution in [3.8, 4) is 0 Å². The molecule has 0 aliphatic heterocycles. The van der Waals surface area contributed by atoms with Gasteiger partial charge in [0.05, 0.1) is 4.90 Å². The highest BCUT2D eigenvalue weighted by atomic mass is 32.2. The molecule has 0 aliphatic carbocycles. The van der Waals surface area contributed by atoms with Gasteiger partial charge in [0.15, 0.2) is 9.84 Å². The van der Waals surface area contributed by atoms with Crippen LogP contribution in [0.15, 0.2) is 41.3 Å². The number of hydrogen-bond acceptors (Lipinski definition) is 2. The largest absolute Gasteiger partial charge is 0.224 e. The Labute approximate surface area is 89.5 Å². The predicted octanol–water partition coefficient (Wildman–Crippen LogP) is 2.55. The number of aryl methyl sites for hydroxylation is 1. The molecule has 0 N–H and O–H groups in total. The van der Waals surface area contributed by atoms with E-state index in [9.17, 15) is 8.42 Å². The maximum absolute atomic E-state index is 11.6. The van der Waals surface area contributed by atoms with Crippen LogP contribution in [0, 0.1) is 6.92 Å². The summed E-state index contributed by atoms with van der Waals surface area (Å²) >= 11 is 0. The van der Waals surface area contributed by atoms with E-state index < -0.39 is 9.84 Å². The summed E-state index contributed by atoms with van der Waals surface area (Å²) in [6, 6.07) is 11.2. The molecule has 0 aliphatic rings. The summed E-state index contributed by atoms with van der Waals surface area (Å²) in [5, 5.41) is 1.77. The van der Waals surface area contributed by atoms with Crippen LogP contribution in [0.25, 0.3) is 10.8 Å². The van der Waals surface area contributed by atoms with Gasteiger partial charge in [-0.2, -0.15) is 0 Å². The van der Waals surface area contributed by atoms with Crippen molar-refractivity contribution >= 4 is 20.6 Å². The molecule has 0 bridgehead atoms. The van der Waals surface area contributed by atoms with Crippen molar-refractivity contribution in [1.82, 2.24) is 0 Å². The minimum atomic E-state index is -3.15. The minimum Gasteiger partial charge on any atom is -0.224 e. The van der Waals surface area contributed by atoms with Crippen LogP contribution < -0.4 is 0 Å². The van der Waals surface area contributed by atoms with Crippen LogP contribution in [0.5, 0.6) is 0 Å². The zero-order valence-corrected chi connectivity index (χ0v) is 9.51. The van der Waals surface area contributed by atoms with E-state index in [0.717, 1.165) is 16.3 Å². The van der Waals surface area contributed by atoms with Crippen molar-refractivity contribution in [2.45, 2.75) is 11.8 Å². The van der Waals surface area contributed by atoms with E-state index in [1.54, 1.807) is 6.07 Å². The highest BCUT2D eigenvalue weighted by Crippen LogP contribution is 2.24. The Hall–Kier alpha value is -1.35. The molecule has 3 heteroatoms. The summed E-state index contributed by atoms with van der Waals surface area (Å²) in [4.78, 5) is 0.415. The third kappa shape index (κ3) is 1.88. The second kappa shape index (κ2) is 3.35. The normalized spacial score (nSPS) is 11.9. The van der Waals surface area contributed by atoms with Crippen molar-refractivity contribution in [2.24, 2.45) is 0 Å². The van der Waals surface area contributed by atoms with E-state index in [4.69, 9.17) is 0 Å². The summed E-state index contributed by atoms with van der Waals surface area (Å²) in [5.74, 6) is 0. The fourth-order valence-corrected chi connectivity index (χ4v) is 2.71. The highest BCUT2D eigenvalue weighted by Gasteiger charge is 2.11. The Morgan fingerprint density at radius 2 is 1.73 bits per heavy atom. The standard InChI is InChI=1S/C12H12O2S/c1-9-7-10-5-3-4-6-11(10)12(8-9)15(2,13)14/h3-8H,1-2H3. The molecule has 0 aromatic heterocycles. The number of benzene rings is 2. The first-order valence-corrected chi connectivity index (χ1v) is 6.57. The summed E-state index contributed by atoms with van der Waals surface area (Å²) in [6.07, 6.45) is 1.24. The molecule has 2 nitrogen and oxygen atoms in total. The van der Waals surface area contributed by atoms with E-state index in [2.05, 4.69) is 0 Å². The van der Waals surface area contributed by atoms with Crippen LogP contribution in [0.1, 0.15) is 5.56 Å². The quantitative estimate of drug-likeness (QED) is 0.740. The van der Waals surface area contributed by atoms with E-state index in [0.29, 0.717) is 4.90 Å². The van der Waals surface area contributed by atoms with E-state index in [-0.39, 0.29) is 0 Å². The molecule has 2 rings (SSSR count). The molecule has 0 spiro atoms. The first kappa shape index (κ1) is 10.2. The van der Waals surface area contributed by atoms with Crippen LogP contribution in [0.3, 0.4) is 0 Å². The average molecular weight is 220 g/mol. The van der Waals surface area contributed by atoms with Gasteiger partial charge in [0.25, 0.3) is 0 Å². The van der Waals surface area contributed by atoms with E-state index in [1.165, 1.54) is 6.26 Å². The molecule has 0 fully saturated rings. The third-order valence-corrected chi connectivity index (χ3v) is 3.50. The van der Waals surface area contributed by atoms with E-state index in [1.807, 2.05) is 37.3 Å². The topological polar surface area (TPSA) is 34.1 Å². The lowest BCUT2D eigenvalue weighted by Crippen LogP contribution is -1.98. The van der Waals surface area contributed by atoms with Crippen LogP contribution >= 0.6 is 0 Å². The Bertz CT molecular complexity index is 613. The second-order valence-electron chi connectivity index (χ2n) is 3.76. The summed E-state index contributed by atoms with van der Waals surface area (Å²) in [5.41, 5.74) is 0.967. The van der Waals surface area contributed by atoms with Gasteiger partial charge in [-0.1, -0.05) is 30.3 Å². The maximum atomic E-state index is 11.6. The molecule has 0 radical (unpaired) electrons. The van der Waals surface area contributed by atoms with Gasteiger partial charge in [-0.15, -0.1) is 0 Å². The van der Waals surface area contributed by atoms with Crippen molar-refractivity contribution in [3.05, 3.63) is 42.0 Å². The van der Waals surface area contributed by atoms with Crippen LogP contribution in [0.2, 0.25) is 0 Å². The lowest BCUT2D eigenvalue weighted by Gasteiger charge is -2.06. The Morgan fingerprint density at radius 1 is 1.07 bits per heavy atom. The molecule has 0 heterocycles. The monoisotopic (exact) mass is 220 g/mol. The lowest BCUT2D eigenvalue weighted by atomic mass is 10.1. The smallest absolute Gasteiger partial charge is 0.176 e. The number of rotatable bonds is 1. The lowest BCUT2D eigenvalue weighted by molar-refractivity contribution is 0.602. The number of sulfone groups is 1. The predicted molar refractivity (Wildman–Crippen MR) is 61.8 cm³/mol. The van der Waals surface area contributed by atoms with Gasteiger partial charge in [-0.25, -0.2) is 8.42 Å². The van der Waals surface area contributed by atoms with E-state index >= 15 is 0 Å². The molecular weight excluding hydrogens is 208 g/mol. The maximum Gasteiger partial charge on any atom is 0.176 e. The summed E-state index contributed by atoms with van der Waals surface area (Å²) < 4.78 is 23.2.